The topological polar surface area (TPSA) is 55.1 Å². The minimum Gasteiger partial charge on any atom is -0.399 e. The zero-order chi connectivity index (χ0) is 11.5. The summed E-state index contributed by atoms with van der Waals surface area (Å²) in [5, 5.41) is 2.57. The highest BCUT2D eigenvalue weighted by atomic mass is 19.1. The largest absolute Gasteiger partial charge is 0.399 e. The fourth-order valence-electron chi connectivity index (χ4n) is 1.79. The Labute approximate surface area is 93.8 Å². The SMILES string of the molecule is Nc1ccc(NC(=O)CC2CCC2)c(F)c1. The second kappa shape index (κ2) is 4.51. The van der Waals surface area contributed by atoms with E-state index >= 15 is 0 Å². The Balaban J connectivity index is 1.94. The molecule has 1 aromatic rings. The molecular formula is C12H15FN2O. The van der Waals surface area contributed by atoms with Crippen molar-refractivity contribution in [3.8, 4) is 0 Å². The smallest absolute Gasteiger partial charge is 0.224 e. The maximum atomic E-state index is 13.3. The van der Waals surface area contributed by atoms with Crippen LogP contribution in [0.1, 0.15) is 25.7 Å². The zero-order valence-corrected chi connectivity index (χ0v) is 9.00. The van der Waals surface area contributed by atoms with E-state index in [1.54, 1.807) is 6.07 Å². The second-order valence-corrected chi connectivity index (χ2v) is 4.29. The average Bonchev–Trinajstić information content (AvgIpc) is 2.16. The molecule has 0 aromatic heterocycles. The van der Waals surface area contributed by atoms with E-state index in [1.165, 1.54) is 18.6 Å². The van der Waals surface area contributed by atoms with E-state index in [1.807, 2.05) is 0 Å². The number of benzene rings is 1. The molecule has 3 N–H and O–H groups in total. The second-order valence-electron chi connectivity index (χ2n) is 4.29. The van der Waals surface area contributed by atoms with Crippen LogP contribution in [0.3, 0.4) is 0 Å². The Kier molecular flexibility index (Phi) is 3.08. The molecule has 0 radical (unpaired) electrons. The lowest BCUT2D eigenvalue weighted by Gasteiger charge is -2.24. The van der Waals surface area contributed by atoms with Gasteiger partial charge in [-0.05, 0) is 37.0 Å². The van der Waals surface area contributed by atoms with Gasteiger partial charge in [0, 0.05) is 12.1 Å². The highest BCUT2D eigenvalue weighted by molar-refractivity contribution is 5.91. The van der Waals surface area contributed by atoms with Crippen LogP contribution in [0.4, 0.5) is 15.8 Å². The van der Waals surface area contributed by atoms with Crippen LogP contribution in [0.25, 0.3) is 0 Å². The van der Waals surface area contributed by atoms with Crippen LogP contribution in [0.5, 0.6) is 0 Å². The normalized spacial score (nSPS) is 15.6. The first kappa shape index (κ1) is 10.9. The maximum absolute atomic E-state index is 13.3. The van der Waals surface area contributed by atoms with E-state index < -0.39 is 5.82 Å². The predicted molar refractivity (Wildman–Crippen MR) is 61.4 cm³/mol. The monoisotopic (exact) mass is 222 g/mol. The minimum atomic E-state index is -0.484. The molecule has 1 aliphatic carbocycles. The van der Waals surface area contributed by atoms with E-state index in [9.17, 15) is 9.18 Å². The van der Waals surface area contributed by atoms with Crippen molar-refractivity contribution in [2.24, 2.45) is 5.92 Å². The van der Waals surface area contributed by atoms with E-state index in [0.717, 1.165) is 12.8 Å². The van der Waals surface area contributed by atoms with Crippen molar-refractivity contribution in [1.29, 1.82) is 0 Å². The van der Waals surface area contributed by atoms with Gasteiger partial charge in [-0.25, -0.2) is 4.39 Å². The fourth-order valence-corrected chi connectivity index (χ4v) is 1.79. The number of hydrogen-bond donors (Lipinski definition) is 2. The van der Waals surface area contributed by atoms with Gasteiger partial charge in [0.15, 0.2) is 0 Å². The summed E-state index contributed by atoms with van der Waals surface area (Å²) < 4.78 is 13.3. The Morgan fingerprint density at radius 1 is 1.50 bits per heavy atom. The third-order valence-corrected chi connectivity index (χ3v) is 2.97. The molecule has 1 amide bonds. The van der Waals surface area contributed by atoms with Crippen LogP contribution in [-0.4, -0.2) is 5.91 Å². The van der Waals surface area contributed by atoms with E-state index in [-0.39, 0.29) is 11.6 Å². The summed E-state index contributed by atoms with van der Waals surface area (Å²) in [5.74, 6) is -0.118. The van der Waals surface area contributed by atoms with Gasteiger partial charge in [0.25, 0.3) is 0 Å². The molecule has 0 aliphatic heterocycles. The Bertz CT molecular complexity index is 402. The highest BCUT2D eigenvalue weighted by Crippen LogP contribution is 2.29. The Morgan fingerprint density at radius 3 is 2.81 bits per heavy atom. The van der Waals surface area contributed by atoms with Crippen molar-refractivity contribution in [1.82, 2.24) is 0 Å². The van der Waals surface area contributed by atoms with Gasteiger partial charge in [-0.3, -0.25) is 4.79 Å². The van der Waals surface area contributed by atoms with Gasteiger partial charge in [-0.2, -0.15) is 0 Å². The van der Waals surface area contributed by atoms with Crippen LogP contribution in [-0.2, 0) is 4.79 Å². The first-order valence-electron chi connectivity index (χ1n) is 5.50. The van der Waals surface area contributed by atoms with Crippen molar-refractivity contribution in [2.45, 2.75) is 25.7 Å². The van der Waals surface area contributed by atoms with Gasteiger partial charge < -0.3 is 11.1 Å². The van der Waals surface area contributed by atoms with Crippen LogP contribution < -0.4 is 11.1 Å². The Morgan fingerprint density at radius 2 is 2.25 bits per heavy atom. The number of halogens is 1. The first-order chi connectivity index (χ1) is 7.65. The molecule has 0 saturated heterocycles. The highest BCUT2D eigenvalue weighted by Gasteiger charge is 2.20. The lowest BCUT2D eigenvalue weighted by Crippen LogP contribution is -2.21. The predicted octanol–water partition coefficient (Wildman–Crippen LogP) is 2.54. The molecule has 0 atom stereocenters. The van der Waals surface area contributed by atoms with Gasteiger partial charge in [0.1, 0.15) is 5.82 Å². The molecule has 0 heterocycles. The molecule has 0 bridgehead atoms. The number of amides is 1. The van der Waals surface area contributed by atoms with Crippen LogP contribution in [0.15, 0.2) is 18.2 Å². The summed E-state index contributed by atoms with van der Waals surface area (Å²) in [4.78, 5) is 11.5. The van der Waals surface area contributed by atoms with Gasteiger partial charge >= 0.3 is 0 Å². The summed E-state index contributed by atoms with van der Waals surface area (Å²) in [6, 6.07) is 4.27. The number of nitrogen functional groups attached to an aromatic ring is 1. The van der Waals surface area contributed by atoms with Gasteiger partial charge in [0.05, 0.1) is 5.69 Å². The summed E-state index contributed by atoms with van der Waals surface area (Å²) >= 11 is 0. The maximum Gasteiger partial charge on any atom is 0.224 e. The number of carbonyl (C=O) groups excluding carboxylic acids is 1. The quantitative estimate of drug-likeness (QED) is 0.772. The Hall–Kier alpha value is -1.58. The lowest BCUT2D eigenvalue weighted by atomic mass is 9.83. The zero-order valence-electron chi connectivity index (χ0n) is 9.00. The lowest BCUT2D eigenvalue weighted by molar-refractivity contribution is -0.117. The summed E-state index contributed by atoms with van der Waals surface area (Å²) in [6.45, 7) is 0. The van der Waals surface area contributed by atoms with Crippen molar-refractivity contribution in [3.05, 3.63) is 24.0 Å². The summed E-state index contributed by atoms with van der Waals surface area (Å²) in [6.07, 6.45) is 3.91. The molecule has 86 valence electrons. The number of carbonyl (C=O) groups is 1. The molecule has 1 fully saturated rings. The van der Waals surface area contributed by atoms with Crippen molar-refractivity contribution in [3.63, 3.8) is 0 Å². The molecule has 1 saturated carbocycles. The molecule has 0 unspecified atom stereocenters. The number of anilines is 2. The first-order valence-corrected chi connectivity index (χ1v) is 5.50. The van der Waals surface area contributed by atoms with Crippen LogP contribution >= 0.6 is 0 Å². The molecule has 1 aromatic carbocycles. The molecule has 0 spiro atoms. The summed E-state index contributed by atoms with van der Waals surface area (Å²) in [5.41, 5.74) is 5.98. The molecule has 1 aliphatic rings. The fraction of sp³-hybridized carbons (Fsp3) is 0.417. The number of nitrogens with two attached hydrogens (primary N) is 1. The standard InChI is InChI=1S/C12H15FN2O/c13-10-7-9(14)4-5-11(10)15-12(16)6-8-2-1-3-8/h4-5,7-8H,1-3,6,14H2,(H,15,16). The average molecular weight is 222 g/mol. The van der Waals surface area contributed by atoms with Crippen molar-refractivity contribution >= 4 is 17.3 Å². The molecule has 4 heteroatoms. The van der Waals surface area contributed by atoms with Gasteiger partial charge in [-0.1, -0.05) is 6.42 Å². The number of nitrogens with one attached hydrogen (secondary N) is 1. The molecule has 16 heavy (non-hydrogen) atoms. The van der Waals surface area contributed by atoms with Crippen molar-refractivity contribution in [2.75, 3.05) is 11.1 Å². The molecule has 3 nitrogen and oxygen atoms in total. The van der Waals surface area contributed by atoms with Gasteiger partial charge in [-0.15, -0.1) is 0 Å². The van der Waals surface area contributed by atoms with Gasteiger partial charge in [0.2, 0.25) is 5.91 Å². The number of hydrogen-bond acceptors (Lipinski definition) is 2. The third kappa shape index (κ3) is 2.51. The third-order valence-electron chi connectivity index (χ3n) is 2.97. The van der Waals surface area contributed by atoms with Crippen molar-refractivity contribution < 1.29 is 9.18 Å². The molecule has 2 rings (SSSR count). The van der Waals surface area contributed by atoms with E-state index in [4.69, 9.17) is 5.73 Å². The van der Waals surface area contributed by atoms with Crippen LogP contribution in [0, 0.1) is 11.7 Å². The van der Waals surface area contributed by atoms with E-state index in [0.29, 0.717) is 18.0 Å². The summed E-state index contributed by atoms with van der Waals surface area (Å²) in [7, 11) is 0. The molecular weight excluding hydrogens is 207 g/mol. The van der Waals surface area contributed by atoms with Crippen LogP contribution in [0.2, 0.25) is 0 Å². The number of rotatable bonds is 3. The minimum absolute atomic E-state index is 0.117. The van der Waals surface area contributed by atoms with E-state index in [2.05, 4.69) is 5.32 Å².